The standard InChI is InChI=1S/C18H14ClN3O2/c19-14-6-4-12(5-7-14)17(13-8-10-20-11-9-13)22-18(24)15-2-1-3-16(23)21-15/h1-11,17H,(H,21,23)(H,22,24). The molecular weight excluding hydrogens is 326 g/mol. The number of rotatable bonds is 4. The first kappa shape index (κ1) is 16.0. The number of amides is 1. The maximum Gasteiger partial charge on any atom is 0.268 e. The van der Waals surface area contributed by atoms with Crippen molar-refractivity contribution in [2.45, 2.75) is 6.04 Å². The Morgan fingerprint density at radius 2 is 1.67 bits per heavy atom. The molecule has 2 heterocycles. The first-order valence-corrected chi connectivity index (χ1v) is 7.67. The van der Waals surface area contributed by atoms with Crippen LogP contribution in [-0.4, -0.2) is 15.9 Å². The minimum atomic E-state index is -0.388. The van der Waals surface area contributed by atoms with Gasteiger partial charge in [-0.3, -0.25) is 14.6 Å². The minimum Gasteiger partial charge on any atom is -0.340 e. The molecule has 3 aromatic rings. The summed E-state index contributed by atoms with van der Waals surface area (Å²) in [7, 11) is 0. The molecular formula is C18H14ClN3O2. The molecule has 5 nitrogen and oxygen atoms in total. The van der Waals surface area contributed by atoms with Gasteiger partial charge >= 0.3 is 0 Å². The number of aromatic nitrogens is 2. The maximum absolute atomic E-state index is 12.5. The van der Waals surface area contributed by atoms with Gasteiger partial charge in [0.05, 0.1) is 6.04 Å². The number of H-pyrrole nitrogens is 1. The lowest BCUT2D eigenvalue weighted by molar-refractivity contribution is 0.0937. The second-order valence-electron chi connectivity index (χ2n) is 5.17. The molecule has 1 unspecified atom stereocenters. The van der Waals surface area contributed by atoms with Crippen molar-refractivity contribution in [3.8, 4) is 0 Å². The number of benzene rings is 1. The van der Waals surface area contributed by atoms with Crippen LogP contribution >= 0.6 is 11.6 Å². The van der Waals surface area contributed by atoms with E-state index in [1.165, 1.54) is 12.1 Å². The Bertz CT molecular complexity index is 892. The van der Waals surface area contributed by atoms with Gasteiger partial charge in [-0.05, 0) is 41.5 Å². The van der Waals surface area contributed by atoms with Crippen LogP contribution in [0.5, 0.6) is 0 Å². The van der Waals surface area contributed by atoms with Gasteiger partial charge in [0, 0.05) is 23.5 Å². The molecule has 120 valence electrons. The maximum atomic E-state index is 12.5. The SMILES string of the molecule is O=C(NC(c1ccncc1)c1ccc(Cl)cc1)c1cccc(=O)[nH]1. The molecule has 1 amide bonds. The average molecular weight is 340 g/mol. The van der Waals surface area contributed by atoms with E-state index in [0.29, 0.717) is 5.02 Å². The fourth-order valence-electron chi connectivity index (χ4n) is 2.36. The van der Waals surface area contributed by atoms with Crippen molar-refractivity contribution in [1.82, 2.24) is 15.3 Å². The molecule has 0 aliphatic heterocycles. The summed E-state index contributed by atoms with van der Waals surface area (Å²) >= 11 is 5.94. The van der Waals surface area contributed by atoms with Crippen molar-refractivity contribution in [3.63, 3.8) is 0 Å². The lowest BCUT2D eigenvalue weighted by Crippen LogP contribution is -2.31. The van der Waals surface area contributed by atoms with Gasteiger partial charge in [-0.25, -0.2) is 0 Å². The van der Waals surface area contributed by atoms with Crippen molar-refractivity contribution in [2.24, 2.45) is 0 Å². The van der Waals surface area contributed by atoms with Gasteiger partial charge in [-0.2, -0.15) is 0 Å². The minimum absolute atomic E-state index is 0.204. The van der Waals surface area contributed by atoms with Crippen LogP contribution in [0.4, 0.5) is 0 Å². The van der Waals surface area contributed by atoms with E-state index >= 15 is 0 Å². The summed E-state index contributed by atoms with van der Waals surface area (Å²) in [6.07, 6.45) is 3.32. The van der Waals surface area contributed by atoms with Crippen molar-refractivity contribution in [1.29, 1.82) is 0 Å². The Hall–Kier alpha value is -2.92. The van der Waals surface area contributed by atoms with E-state index in [9.17, 15) is 9.59 Å². The number of nitrogens with zero attached hydrogens (tertiary/aromatic N) is 1. The smallest absolute Gasteiger partial charge is 0.268 e. The van der Waals surface area contributed by atoms with Crippen molar-refractivity contribution in [2.75, 3.05) is 0 Å². The van der Waals surface area contributed by atoms with Crippen LogP contribution in [0.15, 0.2) is 71.8 Å². The van der Waals surface area contributed by atoms with Crippen LogP contribution in [0.2, 0.25) is 5.02 Å². The van der Waals surface area contributed by atoms with Crippen molar-refractivity contribution < 1.29 is 4.79 Å². The Kier molecular flexibility index (Phi) is 4.72. The van der Waals surface area contributed by atoms with Gasteiger partial charge in [0.25, 0.3) is 5.91 Å². The predicted octanol–water partition coefficient (Wildman–Crippen LogP) is 2.94. The summed E-state index contributed by atoms with van der Waals surface area (Å²) < 4.78 is 0. The van der Waals surface area contributed by atoms with Gasteiger partial charge in [0.1, 0.15) is 5.69 Å². The molecule has 0 bridgehead atoms. The highest BCUT2D eigenvalue weighted by Gasteiger charge is 2.18. The summed E-state index contributed by atoms with van der Waals surface area (Å²) in [6.45, 7) is 0. The first-order valence-electron chi connectivity index (χ1n) is 7.29. The largest absolute Gasteiger partial charge is 0.340 e. The molecule has 1 atom stereocenters. The fraction of sp³-hybridized carbons (Fsp3) is 0.0556. The van der Waals surface area contributed by atoms with E-state index in [4.69, 9.17) is 11.6 Å². The van der Waals surface area contributed by atoms with Gasteiger partial charge in [-0.1, -0.05) is 29.8 Å². The molecule has 1 aromatic carbocycles. The van der Waals surface area contributed by atoms with Crippen LogP contribution in [0, 0.1) is 0 Å². The molecule has 0 spiro atoms. The third kappa shape index (κ3) is 3.70. The van der Waals surface area contributed by atoms with Crippen molar-refractivity contribution >= 4 is 17.5 Å². The number of hydrogen-bond acceptors (Lipinski definition) is 3. The third-order valence-corrected chi connectivity index (χ3v) is 3.78. The molecule has 0 fully saturated rings. The number of carbonyl (C=O) groups is 1. The molecule has 0 aliphatic rings. The highest BCUT2D eigenvalue weighted by Crippen LogP contribution is 2.23. The molecule has 24 heavy (non-hydrogen) atoms. The summed E-state index contributed by atoms with van der Waals surface area (Å²) in [5.41, 5.74) is 1.63. The fourth-order valence-corrected chi connectivity index (χ4v) is 2.49. The van der Waals surface area contributed by atoms with Crippen LogP contribution in [0.3, 0.4) is 0 Å². The second-order valence-corrected chi connectivity index (χ2v) is 5.60. The molecule has 0 aliphatic carbocycles. The van der Waals surface area contributed by atoms with Crippen LogP contribution in [0.25, 0.3) is 0 Å². The van der Waals surface area contributed by atoms with E-state index in [2.05, 4.69) is 15.3 Å². The average Bonchev–Trinajstić information content (AvgIpc) is 2.61. The number of aromatic amines is 1. The Morgan fingerprint density at radius 1 is 1.00 bits per heavy atom. The molecule has 2 aromatic heterocycles. The Labute approximate surface area is 143 Å². The number of nitrogens with one attached hydrogen (secondary N) is 2. The highest BCUT2D eigenvalue weighted by atomic mass is 35.5. The van der Waals surface area contributed by atoms with E-state index in [0.717, 1.165) is 11.1 Å². The van der Waals surface area contributed by atoms with Crippen molar-refractivity contribution in [3.05, 3.63) is 99.2 Å². The molecule has 0 saturated carbocycles. The predicted molar refractivity (Wildman–Crippen MR) is 92.1 cm³/mol. The number of carbonyl (C=O) groups excluding carboxylic acids is 1. The number of halogens is 1. The van der Waals surface area contributed by atoms with Gasteiger partial charge in [-0.15, -0.1) is 0 Å². The van der Waals surface area contributed by atoms with Gasteiger partial charge < -0.3 is 10.3 Å². The van der Waals surface area contributed by atoms with Crippen LogP contribution < -0.4 is 10.9 Å². The molecule has 2 N–H and O–H groups in total. The van der Waals surface area contributed by atoms with Gasteiger partial charge in [0.2, 0.25) is 5.56 Å². The van der Waals surface area contributed by atoms with E-state index in [1.54, 1.807) is 30.6 Å². The second kappa shape index (κ2) is 7.10. The zero-order chi connectivity index (χ0) is 16.9. The number of hydrogen-bond donors (Lipinski definition) is 2. The van der Waals surface area contributed by atoms with E-state index in [1.807, 2.05) is 24.3 Å². The molecule has 3 rings (SSSR count). The van der Waals surface area contributed by atoms with E-state index in [-0.39, 0.29) is 23.2 Å². The topological polar surface area (TPSA) is 74.8 Å². The highest BCUT2D eigenvalue weighted by molar-refractivity contribution is 6.30. The summed E-state index contributed by atoms with van der Waals surface area (Å²) in [6, 6.07) is 14.9. The Balaban J connectivity index is 1.94. The first-order chi connectivity index (χ1) is 11.6. The molecule has 6 heteroatoms. The number of pyridine rings is 2. The van der Waals surface area contributed by atoms with E-state index < -0.39 is 0 Å². The summed E-state index contributed by atoms with van der Waals surface area (Å²) in [5, 5.41) is 3.55. The molecule has 0 radical (unpaired) electrons. The monoisotopic (exact) mass is 339 g/mol. The lowest BCUT2D eigenvalue weighted by atomic mass is 9.99. The summed E-state index contributed by atoms with van der Waals surface area (Å²) in [5.74, 6) is -0.371. The van der Waals surface area contributed by atoms with Crippen LogP contribution in [0.1, 0.15) is 27.7 Å². The zero-order valence-corrected chi connectivity index (χ0v) is 13.3. The van der Waals surface area contributed by atoms with Gasteiger partial charge in [0.15, 0.2) is 0 Å². The normalized spacial score (nSPS) is 11.7. The lowest BCUT2D eigenvalue weighted by Gasteiger charge is -2.19. The zero-order valence-electron chi connectivity index (χ0n) is 12.6. The summed E-state index contributed by atoms with van der Waals surface area (Å²) in [4.78, 5) is 30.4. The quantitative estimate of drug-likeness (QED) is 0.767. The third-order valence-electron chi connectivity index (χ3n) is 3.53. The van der Waals surface area contributed by atoms with Crippen LogP contribution in [-0.2, 0) is 0 Å². The molecule has 0 saturated heterocycles. The Morgan fingerprint density at radius 3 is 2.33 bits per heavy atom.